The van der Waals surface area contributed by atoms with E-state index >= 15 is 0 Å². The summed E-state index contributed by atoms with van der Waals surface area (Å²) in [7, 11) is 2.10. The summed E-state index contributed by atoms with van der Waals surface area (Å²) in [5.74, 6) is 2.27. The predicted octanol–water partition coefficient (Wildman–Crippen LogP) is 3.90. The van der Waals surface area contributed by atoms with Crippen molar-refractivity contribution in [2.24, 2.45) is 0 Å². The Labute approximate surface area is 161 Å². The Morgan fingerprint density at radius 1 is 1.22 bits per heavy atom. The van der Waals surface area contributed by atoms with Gasteiger partial charge < -0.3 is 10.1 Å². The molecule has 27 heavy (non-hydrogen) atoms. The number of nitrogens with one attached hydrogen (secondary N) is 2. The van der Waals surface area contributed by atoms with E-state index in [1.54, 1.807) is 0 Å². The van der Waals surface area contributed by atoms with Crippen LogP contribution in [0.4, 0.5) is 11.5 Å². The Morgan fingerprint density at radius 2 is 2.07 bits per heavy atom. The summed E-state index contributed by atoms with van der Waals surface area (Å²) in [5.41, 5.74) is 8.42. The van der Waals surface area contributed by atoms with Crippen molar-refractivity contribution in [3.63, 3.8) is 0 Å². The van der Waals surface area contributed by atoms with Crippen molar-refractivity contribution in [3.05, 3.63) is 53.1 Å². The molecule has 4 rings (SSSR count). The van der Waals surface area contributed by atoms with Crippen LogP contribution in [0.1, 0.15) is 49.8 Å². The minimum atomic E-state index is 0.298. The van der Waals surface area contributed by atoms with Crippen LogP contribution in [0.15, 0.2) is 36.4 Å². The normalized spacial score (nSPS) is 14.7. The second-order valence-electron chi connectivity index (χ2n) is 7.31. The summed E-state index contributed by atoms with van der Waals surface area (Å²) in [6.07, 6.45) is 2.14. The third-order valence-corrected chi connectivity index (χ3v) is 5.30. The Morgan fingerprint density at radius 3 is 2.81 bits per heavy atom. The van der Waals surface area contributed by atoms with Crippen molar-refractivity contribution >= 4 is 24.8 Å². The molecule has 3 aromatic rings. The maximum absolute atomic E-state index is 5.93. The van der Waals surface area contributed by atoms with E-state index in [0.717, 1.165) is 35.8 Å². The Hall–Kier alpha value is -2.69. The molecule has 1 aromatic heterocycles. The smallest absolute Gasteiger partial charge is 0.139 e. The van der Waals surface area contributed by atoms with Crippen LogP contribution in [-0.4, -0.2) is 24.7 Å². The number of hydrogen-bond acceptors (Lipinski definition) is 3. The van der Waals surface area contributed by atoms with E-state index in [4.69, 9.17) is 4.74 Å². The lowest BCUT2D eigenvalue weighted by atomic mass is 9.95. The van der Waals surface area contributed by atoms with Gasteiger partial charge in [0.1, 0.15) is 19.4 Å². The molecular weight excluding hydrogens is 333 g/mol. The lowest BCUT2D eigenvalue weighted by Crippen LogP contribution is -2.04. The fraction of sp³-hybridized carbons (Fsp3) is 0.318. The third kappa shape index (κ3) is 3.11. The van der Waals surface area contributed by atoms with Crippen molar-refractivity contribution in [3.8, 4) is 17.0 Å². The first-order valence-electron chi connectivity index (χ1n) is 9.84. The van der Waals surface area contributed by atoms with Crippen molar-refractivity contribution < 1.29 is 4.74 Å². The van der Waals surface area contributed by atoms with E-state index in [1.165, 1.54) is 27.7 Å². The quantitative estimate of drug-likeness (QED) is 0.657. The van der Waals surface area contributed by atoms with Gasteiger partial charge in [0, 0.05) is 22.7 Å². The van der Waals surface area contributed by atoms with Crippen LogP contribution in [0.25, 0.3) is 11.3 Å². The number of fused-ring (bicyclic) bond motifs is 3. The highest BCUT2D eigenvalue weighted by molar-refractivity contribution is 6.32. The van der Waals surface area contributed by atoms with Crippen LogP contribution in [0.5, 0.6) is 5.75 Å². The first-order chi connectivity index (χ1) is 13.1. The number of nitrogens with zero attached hydrogens (tertiary/aromatic N) is 1. The summed E-state index contributed by atoms with van der Waals surface area (Å²) in [6.45, 7) is 7.19. The van der Waals surface area contributed by atoms with Crippen molar-refractivity contribution in [2.45, 2.75) is 39.5 Å². The van der Waals surface area contributed by atoms with Gasteiger partial charge in [0.05, 0.1) is 12.3 Å². The number of aromatic amines is 1. The van der Waals surface area contributed by atoms with Crippen LogP contribution in [0.2, 0.25) is 0 Å². The van der Waals surface area contributed by atoms with Gasteiger partial charge in [0.25, 0.3) is 0 Å². The van der Waals surface area contributed by atoms with E-state index < -0.39 is 0 Å². The van der Waals surface area contributed by atoms with Crippen molar-refractivity contribution in [2.75, 3.05) is 11.9 Å². The molecule has 0 radical (unpaired) electrons. The first kappa shape index (κ1) is 17.7. The highest BCUT2D eigenvalue weighted by Crippen LogP contribution is 2.49. The van der Waals surface area contributed by atoms with Gasteiger partial charge in [-0.1, -0.05) is 43.9 Å². The third-order valence-electron chi connectivity index (χ3n) is 5.30. The summed E-state index contributed by atoms with van der Waals surface area (Å²) < 4.78 is 5.93. The monoisotopic (exact) mass is 359 g/mol. The molecule has 0 aliphatic heterocycles. The lowest BCUT2D eigenvalue weighted by Gasteiger charge is -2.15. The number of benzene rings is 2. The standard InChI is InChI=1S/C22H26BN3O/c1-4-7-14-10-17-13(3)20-21(18(17)12-19(14)27-5-2)25-26-22(20)24-16-9-6-8-15(23)11-16/h6,8-13H,4-5,7,23H2,1-3H3,(H2,24,25,26). The van der Waals surface area contributed by atoms with Gasteiger partial charge >= 0.3 is 0 Å². The van der Waals surface area contributed by atoms with Crippen molar-refractivity contribution in [1.82, 2.24) is 10.2 Å². The fourth-order valence-electron chi connectivity index (χ4n) is 4.06. The molecule has 4 nitrogen and oxygen atoms in total. The van der Waals surface area contributed by atoms with Gasteiger partial charge in [0.2, 0.25) is 0 Å². The molecule has 0 saturated carbocycles. The number of anilines is 2. The topological polar surface area (TPSA) is 49.9 Å². The van der Waals surface area contributed by atoms with Gasteiger partial charge in [0.15, 0.2) is 0 Å². The maximum Gasteiger partial charge on any atom is 0.139 e. The maximum atomic E-state index is 5.93. The van der Waals surface area contributed by atoms with Crippen LogP contribution in [-0.2, 0) is 6.42 Å². The zero-order chi connectivity index (χ0) is 19.0. The number of H-pyrrole nitrogens is 1. The molecule has 0 saturated heterocycles. The van der Waals surface area contributed by atoms with Gasteiger partial charge in [-0.05, 0) is 42.7 Å². The SMILES string of the molecule is Bc1cccc(Nc2[nH]nc3c2C(C)c2cc(CCC)c(OCC)cc2-3)c1. The van der Waals surface area contributed by atoms with Gasteiger partial charge in [-0.3, -0.25) is 5.10 Å². The summed E-state index contributed by atoms with van der Waals surface area (Å²) in [5, 5.41) is 11.4. The number of rotatable bonds is 6. The zero-order valence-electron chi connectivity index (χ0n) is 16.5. The molecule has 138 valence electrons. The molecule has 0 spiro atoms. The predicted molar refractivity (Wildman–Crippen MR) is 115 cm³/mol. The van der Waals surface area contributed by atoms with Crippen molar-refractivity contribution in [1.29, 1.82) is 0 Å². The second-order valence-corrected chi connectivity index (χ2v) is 7.31. The largest absolute Gasteiger partial charge is 0.494 e. The molecule has 2 N–H and O–H groups in total. The highest BCUT2D eigenvalue weighted by Gasteiger charge is 2.32. The number of aromatic nitrogens is 2. The lowest BCUT2D eigenvalue weighted by molar-refractivity contribution is 0.336. The highest BCUT2D eigenvalue weighted by atomic mass is 16.5. The molecule has 0 bridgehead atoms. The molecule has 5 heteroatoms. The number of hydrogen-bond donors (Lipinski definition) is 2. The Bertz CT molecular complexity index is 980. The van der Waals surface area contributed by atoms with E-state index in [2.05, 4.69) is 73.6 Å². The fourth-order valence-corrected chi connectivity index (χ4v) is 4.06. The van der Waals surface area contributed by atoms with Gasteiger partial charge in [-0.15, -0.1) is 0 Å². The minimum absolute atomic E-state index is 0.298. The summed E-state index contributed by atoms with van der Waals surface area (Å²) in [4.78, 5) is 0. The molecular formula is C22H26BN3O. The zero-order valence-corrected chi connectivity index (χ0v) is 16.5. The Balaban J connectivity index is 1.74. The first-order valence-corrected chi connectivity index (χ1v) is 9.84. The molecule has 1 heterocycles. The van der Waals surface area contributed by atoms with E-state index in [1.807, 2.05) is 6.92 Å². The van der Waals surface area contributed by atoms with E-state index in [-0.39, 0.29) is 0 Å². The molecule has 1 aliphatic carbocycles. The van der Waals surface area contributed by atoms with Crippen LogP contribution in [0, 0.1) is 0 Å². The van der Waals surface area contributed by atoms with Crippen LogP contribution >= 0.6 is 0 Å². The Kier molecular flexibility index (Phi) is 4.69. The summed E-state index contributed by atoms with van der Waals surface area (Å²) in [6, 6.07) is 12.9. The van der Waals surface area contributed by atoms with Crippen LogP contribution in [0.3, 0.4) is 0 Å². The number of aryl methyl sites for hydroxylation is 1. The van der Waals surface area contributed by atoms with E-state index in [0.29, 0.717) is 12.5 Å². The average molecular weight is 359 g/mol. The molecule has 1 unspecified atom stereocenters. The average Bonchev–Trinajstić information content (AvgIpc) is 3.16. The minimum Gasteiger partial charge on any atom is -0.494 e. The van der Waals surface area contributed by atoms with Crippen LogP contribution < -0.4 is 15.5 Å². The molecule has 2 aromatic carbocycles. The van der Waals surface area contributed by atoms with Gasteiger partial charge in [-0.2, -0.15) is 5.10 Å². The second kappa shape index (κ2) is 7.14. The molecule has 1 aliphatic rings. The molecule has 0 fully saturated rings. The number of ether oxygens (including phenoxy) is 1. The molecule has 0 amide bonds. The van der Waals surface area contributed by atoms with Gasteiger partial charge in [-0.25, -0.2) is 0 Å². The summed E-state index contributed by atoms with van der Waals surface area (Å²) >= 11 is 0. The van der Waals surface area contributed by atoms with E-state index in [9.17, 15) is 0 Å². The molecule has 1 atom stereocenters.